The van der Waals surface area contributed by atoms with Crippen molar-refractivity contribution in [2.45, 2.75) is 20.8 Å². The number of aromatic amines is 2. The molecule has 0 saturated carbocycles. The van der Waals surface area contributed by atoms with Crippen LogP contribution in [0, 0.1) is 13.8 Å². The predicted molar refractivity (Wildman–Crippen MR) is 85.8 cm³/mol. The molecule has 3 rings (SSSR count). The summed E-state index contributed by atoms with van der Waals surface area (Å²) in [5.41, 5.74) is 5.38. The van der Waals surface area contributed by atoms with Crippen LogP contribution in [0.25, 0.3) is 22.6 Å². The van der Waals surface area contributed by atoms with Crippen molar-refractivity contribution in [3.63, 3.8) is 0 Å². The molecule has 2 aromatic heterocycles. The number of aromatic nitrogens is 4. The fourth-order valence-electron chi connectivity index (χ4n) is 2.27. The Hall–Kier alpha value is -2.83. The number of H-pyrrole nitrogens is 2. The van der Waals surface area contributed by atoms with Crippen LogP contribution in [0.2, 0.25) is 0 Å². The number of nitrogens with one attached hydrogen (secondary N) is 4. The number of carbonyl (C=O) groups excluding carboxylic acids is 1. The molecule has 1 aromatic carbocycles. The summed E-state index contributed by atoms with van der Waals surface area (Å²) in [4.78, 5) is 19.5. The van der Waals surface area contributed by atoms with Gasteiger partial charge in [-0.05, 0) is 44.0 Å². The van der Waals surface area contributed by atoms with Gasteiger partial charge < -0.3 is 15.6 Å². The van der Waals surface area contributed by atoms with Crippen LogP contribution in [0.3, 0.4) is 0 Å². The number of anilines is 1. The summed E-state index contributed by atoms with van der Waals surface area (Å²) in [6.07, 6.45) is 1.63. The summed E-state index contributed by atoms with van der Waals surface area (Å²) in [7, 11) is 0. The fraction of sp³-hybridized carbons (Fsp3) is 0.267. The van der Waals surface area contributed by atoms with Gasteiger partial charge in [-0.2, -0.15) is 5.10 Å². The molecule has 0 fully saturated rings. The maximum atomic E-state index is 11.7. The highest BCUT2D eigenvalue weighted by atomic mass is 16.2. The molecule has 0 bridgehead atoms. The number of hydrogen-bond donors (Lipinski definition) is 4. The lowest BCUT2D eigenvalue weighted by molar-refractivity contribution is 0.252. The van der Waals surface area contributed by atoms with E-state index in [2.05, 4.69) is 50.7 Å². The van der Waals surface area contributed by atoms with E-state index in [0.29, 0.717) is 23.8 Å². The monoisotopic (exact) mass is 298 g/mol. The number of carbonyl (C=O) groups is 1. The first-order valence-electron chi connectivity index (χ1n) is 7.14. The second kappa shape index (κ2) is 5.51. The summed E-state index contributed by atoms with van der Waals surface area (Å²) < 4.78 is 0. The SMILES string of the molecule is CCNC(=O)Nc1c[nH]nc1-c1nc2cc(C)c(C)cc2[nH]1. The molecule has 2 heterocycles. The Labute approximate surface area is 127 Å². The third kappa shape index (κ3) is 2.52. The lowest BCUT2D eigenvalue weighted by Gasteiger charge is -2.04. The Balaban J connectivity index is 1.98. The van der Waals surface area contributed by atoms with E-state index in [1.54, 1.807) is 6.20 Å². The molecule has 0 unspecified atom stereocenters. The third-order valence-corrected chi connectivity index (χ3v) is 3.55. The molecule has 3 aromatic rings. The van der Waals surface area contributed by atoms with Gasteiger partial charge in [0.1, 0.15) is 0 Å². The molecular weight excluding hydrogens is 280 g/mol. The largest absolute Gasteiger partial charge is 0.338 e. The van der Waals surface area contributed by atoms with Gasteiger partial charge in [0.2, 0.25) is 0 Å². The molecule has 0 aliphatic heterocycles. The van der Waals surface area contributed by atoms with Gasteiger partial charge in [-0.1, -0.05) is 0 Å². The molecule has 0 atom stereocenters. The van der Waals surface area contributed by atoms with Crippen LogP contribution in [0.4, 0.5) is 10.5 Å². The number of nitrogens with zero attached hydrogens (tertiary/aromatic N) is 2. The number of rotatable bonds is 3. The first-order valence-corrected chi connectivity index (χ1v) is 7.14. The van der Waals surface area contributed by atoms with Crippen molar-refractivity contribution in [3.8, 4) is 11.5 Å². The number of urea groups is 1. The first kappa shape index (κ1) is 14.1. The second-order valence-electron chi connectivity index (χ2n) is 5.17. The molecule has 7 heteroatoms. The minimum Gasteiger partial charge on any atom is -0.338 e. The van der Waals surface area contributed by atoms with Crippen molar-refractivity contribution in [2.24, 2.45) is 0 Å². The number of fused-ring (bicyclic) bond motifs is 1. The van der Waals surface area contributed by atoms with E-state index in [0.717, 1.165) is 11.0 Å². The van der Waals surface area contributed by atoms with Crippen LogP contribution in [-0.4, -0.2) is 32.7 Å². The van der Waals surface area contributed by atoms with Crippen LogP contribution in [0.1, 0.15) is 18.1 Å². The first-order chi connectivity index (χ1) is 10.6. The molecule has 0 saturated heterocycles. The maximum absolute atomic E-state index is 11.7. The zero-order valence-electron chi connectivity index (χ0n) is 12.7. The summed E-state index contributed by atoms with van der Waals surface area (Å²) in [6.45, 7) is 6.54. The highest BCUT2D eigenvalue weighted by molar-refractivity contribution is 5.93. The molecule has 0 aliphatic carbocycles. The summed E-state index contributed by atoms with van der Waals surface area (Å²) in [6, 6.07) is 3.83. The second-order valence-corrected chi connectivity index (χ2v) is 5.17. The van der Waals surface area contributed by atoms with Gasteiger partial charge in [-0.15, -0.1) is 0 Å². The highest BCUT2D eigenvalue weighted by Crippen LogP contribution is 2.26. The van der Waals surface area contributed by atoms with Crippen molar-refractivity contribution < 1.29 is 4.79 Å². The molecule has 0 radical (unpaired) electrons. The number of benzene rings is 1. The average molecular weight is 298 g/mol. The Morgan fingerprint density at radius 1 is 1.27 bits per heavy atom. The van der Waals surface area contributed by atoms with E-state index in [1.165, 1.54) is 11.1 Å². The lowest BCUT2D eigenvalue weighted by Crippen LogP contribution is -2.28. The molecule has 7 nitrogen and oxygen atoms in total. The number of imidazole rings is 1. The van der Waals surface area contributed by atoms with Crippen molar-refractivity contribution in [2.75, 3.05) is 11.9 Å². The average Bonchev–Trinajstić information content (AvgIpc) is 3.06. The van der Waals surface area contributed by atoms with Crippen LogP contribution in [0.15, 0.2) is 18.3 Å². The minimum absolute atomic E-state index is 0.270. The van der Waals surface area contributed by atoms with E-state index in [4.69, 9.17) is 0 Å². The summed E-state index contributed by atoms with van der Waals surface area (Å²) in [5, 5.41) is 12.4. The van der Waals surface area contributed by atoms with E-state index < -0.39 is 0 Å². The number of hydrogen-bond acceptors (Lipinski definition) is 3. The Bertz CT molecular complexity index is 793. The molecule has 0 aliphatic rings. The molecule has 22 heavy (non-hydrogen) atoms. The molecule has 2 amide bonds. The highest BCUT2D eigenvalue weighted by Gasteiger charge is 2.15. The van der Waals surface area contributed by atoms with Crippen molar-refractivity contribution in [1.29, 1.82) is 0 Å². The summed E-state index contributed by atoms with van der Waals surface area (Å²) in [5.74, 6) is 0.619. The van der Waals surface area contributed by atoms with E-state index in [-0.39, 0.29) is 6.03 Å². The summed E-state index contributed by atoms with van der Waals surface area (Å²) >= 11 is 0. The van der Waals surface area contributed by atoms with E-state index in [9.17, 15) is 4.79 Å². The smallest absolute Gasteiger partial charge is 0.319 e. The molecule has 4 N–H and O–H groups in total. The van der Waals surface area contributed by atoms with E-state index >= 15 is 0 Å². The van der Waals surface area contributed by atoms with Gasteiger partial charge in [0, 0.05) is 12.7 Å². The predicted octanol–water partition coefficient (Wildman–Crippen LogP) is 2.71. The normalized spacial score (nSPS) is 10.9. The quantitative estimate of drug-likeness (QED) is 0.598. The van der Waals surface area contributed by atoms with Crippen LogP contribution in [-0.2, 0) is 0 Å². The lowest BCUT2D eigenvalue weighted by atomic mass is 10.1. The van der Waals surface area contributed by atoms with Gasteiger partial charge >= 0.3 is 6.03 Å². The maximum Gasteiger partial charge on any atom is 0.319 e. The topological polar surface area (TPSA) is 98.5 Å². The fourth-order valence-corrected chi connectivity index (χ4v) is 2.27. The van der Waals surface area contributed by atoms with Gasteiger partial charge in [0.05, 0.1) is 16.7 Å². The zero-order chi connectivity index (χ0) is 15.7. The van der Waals surface area contributed by atoms with Crippen molar-refractivity contribution in [1.82, 2.24) is 25.5 Å². The van der Waals surface area contributed by atoms with Crippen LogP contribution in [0.5, 0.6) is 0 Å². The minimum atomic E-state index is -0.270. The molecule has 114 valence electrons. The van der Waals surface area contributed by atoms with Crippen LogP contribution < -0.4 is 10.6 Å². The van der Waals surface area contributed by atoms with Gasteiger partial charge in [0.15, 0.2) is 11.5 Å². The standard InChI is InChI=1S/C15H18N6O/c1-4-16-15(22)20-12-7-17-21-13(12)14-18-10-5-8(2)9(3)6-11(10)19-14/h5-7H,4H2,1-3H3,(H,17,21)(H,18,19)(H2,16,20,22). The Morgan fingerprint density at radius 2 is 2.05 bits per heavy atom. The van der Waals surface area contributed by atoms with Crippen molar-refractivity contribution in [3.05, 3.63) is 29.5 Å². The van der Waals surface area contributed by atoms with Gasteiger partial charge in [-0.25, -0.2) is 9.78 Å². The van der Waals surface area contributed by atoms with Gasteiger partial charge in [-0.3, -0.25) is 5.10 Å². The van der Waals surface area contributed by atoms with Crippen molar-refractivity contribution >= 4 is 22.8 Å². The Morgan fingerprint density at radius 3 is 2.82 bits per heavy atom. The number of amides is 2. The molecular formula is C15H18N6O. The third-order valence-electron chi connectivity index (χ3n) is 3.55. The van der Waals surface area contributed by atoms with E-state index in [1.807, 2.05) is 13.0 Å². The Kier molecular flexibility index (Phi) is 3.54. The van der Waals surface area contributed by atoms with Crippen LogP contribution >= 0.6 is 0 Å². The number of aryl methyl sites for hydroxylation is 2. The van der Waals surface area contributed by atoms with Gasteiger partial charge in [0.25, 0.3) is 0 Å². The molecule has 0 spiro atoms. The zero-order valence-corrected chi connectivity index (χ0v) is 12.7.